The largest absolute Gasteiger partial charge is 0.456 e. The molecule has 4 aliphatic rings. The molecule has 4 bridgehead atoms. The van der Waals surface area contributed by atoms with Gasteiger partial charge in [-0.3, -0.25) is 0 Å². The second kappa shape index (κ2) is 5.89. The van der Waals surface area contributed by atoms with Crippen LogP contribution in [0.1, 0.15) is 59.3 Å². The molecule has 0 radical (unpaired) electrons. The predicted molar refractivity (Wildman–Crippen MR) is 87.8 cm³/mol. The molecule has 0 amide bonds. The zero-order valence-electron chi connectivity index (χ0n) is 14.7. The van der Waals surface area contributed by atoms with Crippen LogP contribution in [-0.2, 0) is 19.0 Å². The number of ether oxygens (including phenoxy) is 3. The highest BCUT2D eigenvalue weighted by molar-refractivity contribution is 5.81. The molecule has 0 N–H and O–H groups in total. The minimum atomic E-state index is -0.334. The normalized spacial score (nSPS) is 38.6. The van der Waals surface area contributed by atoms with Crippen molar-refractivity contribution in [1.82, 2.24) is 0 Å². The summed E-state index contributed by atoms with van der Waals surface area (Å²) in [5.74, 6) is 0.916. The molecule has 0 aromatic rings. The van der Waals surface area contributed by atoms with E-state index in [0.717, 1.165) is 32.1 Å². The number of carbonyl (C=O) groups excluding carboxylic acids is 1. The first-order valence-electron chi connectivity index (χ1n) is 8.80. The van der Waals surface area contributed by atoms with Gasteiger partial charge in [0, 0.05) is 12.5 Å². The van der Waals surface area contributed by atoms with Gasteiger partial charge in [-0.1, -0.05) is 27.4 Å². The van der Waals surface area contributed by atoms with Crippen LogP contribution in [0.15, 0.2) is 12.7 Å². The van der Waals surface area contributed by atoms with Gasteiger partial charge in [-0.2, -0.15) is 0 Å². The van der Waals surface area contributed by atoms with Gasteiger partial charge in [0.25, 0.3) is 0 Å². The molecule has 0 aromatic heterocycles. The fraction of sp³-hybridized carbons (Fsp3) is 0.842. The average molecular weight is 322 g/mol. The first kappa shape index (κ1) is 17.0. The zero-order valence-corrected chi connectivity index (χ0v) is 14.7. The summed E-state index contributed by atoms with van der Waals surface area (Å²) >= 11 is 0. The van der Waals surface area contributed by atoms with Crippen LogP contribution in [-0.4, -0.2) is 30.6 Å². The van der Waals surface area contributed by atoms with E-state index in [2.05, 4.69) is 27.4 Å². The maximum Gasteiger partial charge on any atom is 0.330 e. The quantitative estimate of drug-likeness (QED) is 0.322. The summed E-state index contributed by atoms with van der Waals surface area (Å²) in [6, 6.07) is 0. The molecular formula is C19H30O4. The number of hydrogen-bond acceptors (Lipinski definition) is 4. The Morgan fingerprint density at radius 3 is 2.35 bits per heavy atom. The van der Waals surface area contributed by atoms with E-state index >= 15 is 0 Å². The van der Waals surface area contributed by atoms with E-state index in [0.29, 0.717) is 25.2 Å². The monoisotopic (exact) mass is 322 g/mol. The van der Waals surface area contributed by atoms with Crippen molar-refractivity contribution in [3.8, 4) is 0 Å². The standard InChI is InChI=1S/C19H30O4/c1-5-16(20)23-19-9-14-6-15(10-19)8-18(7-14,11-19)22-13-21-12-17(2,3)4/h5,14-15H,1,6-13H2,2-4H3. The predicted octanol–water partition coefficient (Wildman–Crippen LogP) is 3.84. The van der Waals surface area contributed by atoms with E-state index < -0.39 is 0 Å². The van der Waals surface area contributed by atoms with Gasteiger partial charge in [-0.05, 0) is 49.4 Å². The van der Waals surface area contributed by atoms with Crippen molar-refractivity contribution in [1.29, 1.82) is 0 Å². The molecule has 4 nitrogen and oxygen atoms in total. The fourth-order valence-corrected chi connectivity index (χ4v) is 5.15. The van der Waals surface area contributed by atoms with Crippen LogP contribution in [0, 0.1) is 17.3 Å². The Bertz CT molecular complexity index is 462. The van der Waals surface area contributed by atoms with Crippen LogP contribution in [0.4, 0.5) is 0 Å². The molecule has 4 aliphatic carbocycles. The average Bonchev–Trinajstić information content (AvgIpc) is 2.40. The lowest BCUT2D eigenvalue weighted by Crippen LogP contribution is -2.61. The highest BCUT2D eigenvalue weighted by Gasteiger charge is 2.60. The lowest BCUT2D eigenvalue weighted by molar-refractivity contribution is -0.254. The highest BCUT2D eigenvalue weighted by Crippen LogP contribution is 2.60. The third-order valence-corrected chi connectivity index (χ3v) is 5.42. The van der Waals surface area contributed by atoms with Crippen LogP contribution in [0.5, 0.6) is 0 Å². The molecule has 0 spiro atoms. The van der Waals surface area contributed by atoms with Crippen molar-refractivity contribution in [2.24, 2.45) is 17.3 Å². The molecule has 23 heavy (non-hydrogen) atoms. The molecule has 2 atom stereocenters. The minimum Gasteiger partial charge on any atom is -0.456 e. The highest BCUT2D eigenvalue weighted by atomic mass is 16.7. The second-order valence-corrected chi connectivity index (χ2v) is 9.12. The van der Waals surface area contributed by atoms with Gasteiger partial charge in [0.15, 0.2) is 0 Å². The van der Waals surface area contributed by atoms with E-state index in [1.807, 2.05) is 0 Å². The summed E-state index contributed by atoms with van der Waals surface area (Å²) in [5.41, 5.74) is -0.353. The lowest BCUT2D eigenvalue weighted by atomic mass is 9.52. The number of carbonyl (C=O) groups is 1. The van der Waals surface area contributed by atoms with E-state index in [1.165, 1.54) is 12.5 Å². The third-order valence-electron chi connectivity index (χ3n) is 5.42. The fourth-order valence-electron chi connectivity index (χ4n) is 5.15. The summed E-state index contributed by atoms with van der Waals surface area (Å²) < 4.78 is 17.8. The molecule has 0 aromatic carbocycles. The van der Waals surface area contributed by atoms with Gasteiger partial charge >= 0.3 is 5.97 Å². The topological polar surface area (TPSA) is 44.8 Å². The molecular weight excluding hydrogens is 292 g/mol. The molecule has 4 rings (SSSR count). The van der Waals surface area contributed by atoms with Gasteiger partial charge in [-0.25, -0.2) is 4.79 Å². The number of rotatable bonds is 6. The molecule has 2 unspecified atom stereocenters. The molecule has 0 saturated heterocycles. The number of esters is 1. The van der Waals surface area contributed by atoms with Crippen LogP contribution < -0.4 is 0 Å². The van der Waals surface area contributed by atoms with E-state index in [4.69, 9.17) is 14.2 Å². The van der Waals surface area contributed by atoms with Crippen LogP contribution >= 0.6 is 0 Å². The van der Waals surface area contributed by atoms with Gasteiger partial charge in [-0.15, -0.1) is 0 Å². The van der Waals surface area contributed by atoms with Gasteiger partial charge in [0.1, 0.15) is 12.4 Å². The van der Waals surface area contributed by atoms with Gasteiger partial charge in [0.2, 0.25) is 0 Å². The van der Waals surface area contributed by atoms with Crippen molar-refractivity contribution in [3.05, 3.63) is 12.7 Å². The Hall–Kier alpha value is -0.870. The summed E-state index contributed by atoms with van der Waals surface area (Å²) in [6.45, 7) is 11.0. The van der Waals surface area contributed by atoms with Gasteiger partial charge < -0.3 is 14.2 Å². The minimum absolute atomic E-state index is 0.144. The zero-order chi connectivity index (χ0) is 16.7. The Morgan fingerprint density at radius 2 is 1.78 bits per heavy atom. The molecule has 4 fully saturated rings. The molecule has 0 heterocycles. The summed E-state index contributed by atoms with van der Waals surface area (Å²) in [4.78, 5) is 11.8. The van der Waals surface area contributed by atoms with Crippen molar-refractivity contribution in [2.45, 2.75) is 70.5 Å². The van der Waals surface area contributed by atoms with Gasteiger partial charge in [0.05, 0.1) is 12.2 Å². The molecule has 4 saturated carbocycles. The smallest absolute Gasteiger partial charge is 0.330 e. The maximum atomic E-state index is 11.8. The van der Waals surface area contributed by atoms with Crippen LogP contribution in [0.2, 0.25) is 0 Å². The summed E-state index contributed by atoms with van der Waals surface area (Å²) in [6.07, 6.45) is 7.46. The van der Waals surface area contributed by atoms with Crippen molar-refractivity contribution in [2.75, 3.05) is 13.4 Å². The van der Waals surface area contributed by atoms with E-state index in [9.17, 15) is 4.79 Å². The Labute approximate surface area is 139 Å². The molecule has 130 valence electrons. The van der Waals surface area contributed by atoms with E-state index in [1.54, 1.807) is 0 Å². The lowest BCUT2D eigenvalue weighted by Gasteiger charge is -2.60. The maximum absolute atomic E-state index is 11.8. The van der Waals surface area contributed by atoms with Crippen molar-refractivity contribution in [3.63, 3.8) is 0 Å². The summed E-state index contributed by atoms with van der Waals surface area (Å²) in [5, 5.41) is 0. The first-order valence-corrected chi connectivity index (χ1v) is 8.80. The van der Waals surface area contributed by atoms with Crippen LogP contribution in [0.3, 0.4) is 0 Å². The van der Waals surface area contributed by atoms with Crippen molar-refractivity contribution < 1.29 is 19.0 Å². The molecule has 0 aliphatic heterocycles. The SMILES string of the molecule is C=CC(=O)OC12CC3CC(CC(OCOCC(C)(C)C)(C3)C1)C2. The summed E-state index contributed by atoms with van der Waals surface area (Å²) in [7, 11) is 0. The van der Waals surface area contributed by atoms with Crippen molar-refractivity contribution >= 4 is 5.97 Å². The number of hydrogen-bond donors (Lipinski definition) is 0. The second-order valence-electron chi connectivity index (χ2n) is 9.12. The van der Waals surface area contributed by atoms with Crippen LogP contribution in [0.25, 0.3) is 0 Å². The first-order chi connectivity index (χ1) is 10.7. The van der Waals surface area contributed by atoms with E-state index in [-0.39, 0.29) is 22.6 Å². The molecule has 4 heteroatoms. The Balaban J connectivity index is 1.63. The Kier molecular flexibility index (Phi) is 4.35. The third kappa shape index (κ3) is 3.80. The Morgan fingerprint density at radius 1 is 1.17 bits per heavy atom.